The van der Waals surface area contributed by atoms with Crippen molar-refractivity contribution >= 4 is 5.97 Å². The van der Waals surface area contributed by atoms with Gasteiger partial charge in [0.2, 0.25) is 0 Å². The van der Waals surface area contributed by atoms with Crippen LogP contribution in [0.3, 0.4) is 0 Å². The Hall–Kier alpha value is -1.39. The predicted molar refractivity (Wildman–Crippen MR) is 97.2 cm³/mol. The van der Waals surface area contributed by atoms with Crippen molar-refractivity contribution in [1.82, 2.24) is 15.0 Å². The van der Waals surface area contributed by atoms with Crippen molar-refractivity contribution in [1.29, 1.82) is 0 Å². The second kappa shape index (κ2) is 7.88. The van der Waals surface area contributed by atoms with Gasteiger partial charge in [-0.2, -0.15) is 0 Å². The number of carbonyl (C=O) groups excluding carboxylic acids is 1. The van der Waals surface area contributed by atoms with Crippen molar-refractivity contribution in [3.63, 3.8) is 0 Å². The molecule has 0 aliphatic heterocycles. The number of aryl methyl sites for hydroxylation is 1. The Morgan fingerprint density at radius 2 is 1.96 bits per heavy atom. The van der Waals surface area contributed by atoms with Gasteiger partial charge in [0.05, 0.1) is 30.0 Å². The minimum atomic E-state index is -0.0153. The van der Waals surface area contributed by atoms with E-state index in [-0.39, 0.29) is 11.9 Å². The average molecular weight is 348 g/mol. The van der Waals surface area contributed by atoms with Gasteiger partial charge in [-0.1, -0.05) is 32.4 Å². The van der Waals surface area contributed by atoms with Crippen LogP contribution in [0.4, 0.5) is 0 Å². The van der Waals surface area contributed by atoms with E-state index in [0.717, 1.165) is 38.5 Å². The van der Waals surface area contributed by atoms with Gasteiger partial charge >= 0.3 is 5.97 Å². The largest absolute Gasteiger partial charge is 0.465 e. The molecule has 2 aliphatic carbocycles. The SMILES string of the molecule is CCCC(C)C(=O)OC[C@@H]1[C@@H]2CCc3nnn(C(C)CC)c3CC[C@@H]21. The minimum absolute atomic E-state index is 0.0153. The number of hydrogen-bond donors (Lipinski definition) is 0. The molecule has 0 spiro atoms. The first-order valence-electron chi connectivity index (χ1n) is 10.2. The van der Waals surface area contributed by atoms with Gasteiger partial charge in [-0.25, -0.2) is 4.68 Å². The zero-order valence-electron chi connectivity index (χ0n) is 16.2. The third kappa shape index (κ3) is 3.90. The summed E-state index contributed by atoms with van der Waals surface area (Å²) in [4.78, 5) is 12.1. The van der Waals surface area contributed by atoms with E-state index >= 15 is 0 Å². The Kier molecular flexibility index (Phi) is 5.80. The molecular weight excluding hydrogens is 314 g/mol. The highest BCUT2D eigenvalue weighted by Crippen LogP contribution is 2.53. The Bertz CT molecular complexity index is 598. The first-order valence-corrected chi connectivity index (χ1v) is 10.2. The number of aromatic nitrogens is 3. The summed E-state index contributed by atoms with van der Waals surface area (Å²) in [6.45, 7) is 9.11. The van der Waals surface area contributed by atoms with Crippen molar-refractivity contribution in [3.05, 3.63) is 11.4 Å². The van der Waals surface area contributed by atoms with E-state index in [0.29, 0.717) is 30.4 Å². The summed E-state index contributed by atoms with van der Waals surface area (Å²) >= 11 is 0. The van der Waals surface area contributed by atoms with E-state index in [2.05, 4.69) is 35.8 Å². The van der Waals surface area contributed by atoms with E-state index in [4.69, 9.17) is 4.74 Å². The lowest BCUT2D eigenvalue weighted by Crippen LogP contribution is -2.16. The fourth-order valence-electron chi connectivity index (χ4n) is 4.43. The minimum Gasteiger partial charge on any atom is -0.465 e. The lowest BCUT2D eigenvalue weighted by molar-refractivity contribution is -0.148. The van der Waals surface area contributed by atoms with E-state index in [1.54, 1.807) is 0 Å². The lowest BCUT2D eigenvalue weighted by Gasteiger charge is -2.14. The molecule has 5 nitrogen and oxygen atoms in total. The quantitative estimate of drug-likeness (QED) is 0.700. The van der Waals surface area contributed by atoms with E-state index < -0.39 is 0 Å². The van der Waals surface area contributed by atoms with Crippen LogP contribution in [0.15, 0.2) is 0 Å². The molecule has 0 amide bonds. The standard InChI is InChI=1S/C20H33N3O2/c1-5-7-13(3)20(24)25-12-17-15-8-10-18-19(11-9-16(15)17)23(22-21-18)14(4)6-2/h13-17H,5-12H2,1-4H3/t13?,14?,15-,16+,17-/m1/s1. The summed E-state index contributed by atoms with van der Waals surface area (Å²) in [7, 11) is 0. The number of rotatable bonds is 7. The second-order valence-corrected chi connectivity index (χ2v) is 8.07. The first kappa shape index (κ1) is 18.4. The van der Waals surface area contributed by atoms with Gasteiger partial charge in [-0.3, -0.25) is 4.79 Å². The molecule has 1 heterocycles. The Morgan fingerprint density at radius 3 is 2.64 bits per heavy atom. The number of esters is 1. The predicted octanol–water partition coefficient (Wildman–Crippen LogP) is 3.97. The molecule has 0 saturated heterocycles. The summed E-state index contributed by atoms with van der Waals surface area (Å²) in [6, 6.07) is 0.419. The molecule has 5 heteroatoms. The van der Waals surface area contributed by atoms with Crippen LogP contribution in [-0.2, 0) is 22.4 Å². The molecule has 0 N–H and O–H groups in total. The van der Waals surface area contributed by atoms with Gasteiger partial charge in [0.1, 0.15) is 0 Å². The van der Waals surface area contributed by atoms with Crippen molar-refractivity contribution in [2.45, 2.75) is 78.7 Å². The normalized spacial score (nSPS) is 27.4. The van der Waals surface area contributed by atoms with Crippen LogP contribution in [0, 0.1) is 23.7 Å². The zero-order chi connectivity index (χ0) is 18.0. The summed E-state index contributed by atoms with van der Waals surface area (Å²) in [5, 5.41) is 8.86. The molecule has 2 aliphatic rings. The van der Waals surface area contributed by atoms with Crippen LogP contribution in [0.2, 0.25) is 0 Å². The van der Waals surface area contributed by atoms with Gasteiger partial charge in [0.15, 0.2) is 0 Å². The topological polar surface area (TPSA) is 57.0 Å². The molecule has 1 saturated carbocycles. The summed E-state index contributed by atoms with van der Waals surface area (Å²) < 4.78 is 7.76. The molecule has 3 rings (SSSR count). The molecular formula is C20H33N3O2. The molecule has 0 radical (unpaired) electrons. The maximum absolute atomic E-state index is 12.1. The van der Waals surface area contributed by atoms with Gasteiger partial charge in [-0.15, -0.1) is 5.10 Å². The molecule has 0 aromatic carbocycles. The van der Waals surface area contributed by atoms with E-state index in [1.165, 1.54) is 17.8 Å². The number of hydrogen-bond acceptors (Lipinski definition) is 4. The van der Waals surface area contributed by atoms with Crippen molar-refractivity contribution in [2.75, 3.05) is 6.61 Å². The zero-order valence-corrected chi connectivity index (χ0v) is 16.2. The average Bonchev–Trinajstić information content (AvgIpc) is 3.09. The number of ether oxygens (including phenoxy) is 1. The summed E-state index contributed by atoms with van der Waals surface area (Å²) in [6.07, 6.45) is 7.44. The van der Waals surface area contributed by atoms with E-state index in [9.17, 15) is 4.79 Å². The van der Waals surface area contributed by atoms with Crippen molar-refractivity contribution < 1.29 is 9.53 Å². The number of fused-ring (bicyclic) bond motifs is 2. The third-order valence-electron chi connectivity index (χ3n) is 6.36. The Morgan fingerprint density at radius 1 is 1.24 bits per heavy atom. The Labute approximate surface area is 151 Å². The van der Waals surface area contributed by atoms with Crippen molar-refractivity contribution in [3.8, 4) is 0 Å². The smallest absolute Gasteiger partial charge is 0.308 e. The van der Waals surface area contributed by atoms with Crippen LogP contribution < -0.4 is 0 Å². The number of nitrogens with zero attached hydrogens (tertiary/aromatic N) is 3. The molecule has 140 valence electrons. The maximum atomic E-state index is 12.1. The second-order valence-electron chi connectivity index (χ2n) is 8.07. The summed E-state index contributed by atoms with van der Waals surface area (Å²) in [5.41, 5.74) is 2.53. The molecule has 0 bridgehead atoms. The van der Waals surface area contributed by atoms with Crippen LogP contribution in [0.25, 0.3) is 0 Å². The number of carbonyl (C=O) groups is 1. The maximum Gasteiger partial charge on any atom is 0.308 e. The molecule has 1 aromatic heterocycles. The van der Waals surface area contributed by atoms with Crippen LogP contribution in [-0.4, -0.2) is 27.6 Å². The highest BCUT2D eigenvalue weighted by Gasteiger charge is 2.50. The molecule has 25 heavy (non-hydrogen) atoms. The highest BCUT2D eigenvalue weighted by atomic mass is 16.5. The highest BCUT2D eigenvalue weighted by molar-refractivity contribution is 5.71. The van der Waals surface area contributed by atoms with Gasteiger partial charge in [0, 0.05) is 0 Å². The van der Waals surface area contributed by atoms with Gasteiger partial charge in [-0.05, 0) is 63.2 Å². The van der Waals surface area contributed by atoms with E-state index in [1.807, 2.05) is 6.92 Å². The molecule has 5 atom stereocenters. The molecule has 2 unspecified atom stereocenters. The fraction of sp³-hybridized carbons (Fsp3) is 0.850. The first-order chi connectivity index (χ1) is 12.1. The van der Waals surface area contributed by atoms with Crippen molar-refractivity contribution in [2.24, 2.45) is 23.7 Å². The van der Waals surface area contributed by atoms with Crippen LogP contribution >= 0.6 is 0 Å². The molecule has 1 fully saturated rings. The van der Waals surface area contributed by atoms with Gasteiger partial charge < -0.3 is 4.74 Å². The fourth-order valence-corrected chi connectivity index (χ4v) is 4.43. The summed E-state index contributed by atoms with van der Waals surface area (Å²) in [5.74, 6) is 2.00. The Balaban J connectivity index is 1.55. The van der Waals surface area contributed by atoms with Crippen LogP contribution in [0.5, 0.6) is 0 Å². The lowest BCUT2D eigenvalue weighted by atomic mass is 10.0. The van der Waals surface area contributed by atoms with Crippen LogP contribution in [0.1, 0.15) is 77.2 Å². The van der Waals surface area contributed by atoms with Gasteiger partial charge in [0.25, 0.3) is 0 Å². The third-order valence-corrected chi connectivity index (χ3v) is 6.36. The molecule has 1 aromatic rings. The monoisotopic (exact) mass is 347 g/mol.